The van der Waals surface area contributed by atoms with Gasteiger partial charge in [0.2, 0.25) is 0 Å². The summed E-state index contributed by atoms with van der Waals surface area (Å²) in [6, 6.07) is 2.69. The van der Waals surface area contributed by atoms with Crippen molar-refractivity contribution in [2.24, 2.45) is 0 Å². The summed E-state index contributed by atoms with van der Waals surface area (Å²) < 4.78 is 28.6. The van der Waals surface area contributed by atoms with Crippen LogP contribution in [0.3, 0.4) is 0 Å². The summed E-state index contributed by atoms with van der Waals surface area (Å²) in [5.41, 5.74) is 0.703. The summed E-state index contributed by atoms with van der Waals surface area (Å²) in [7, 11) is 0. The second-order valence-electron chi connectivity index (χ2n) is 3.12. The van der Waals surface area contributed by atoms with Gasteiger partial charge in [-0.1, -0.05) is 27.5 Å². The van der Waals surface area contributed by atoms with E-state index in [2.05, 4.69) is 20.7 Å². The number of hydrogen-bond donors (Lipinski definition) is 1. The average molecular weight is 330 g/mol. The molecule has 3 nitrogen and oxygen atoms in total. The van der Waals surface area contributed by atoms with Crippen LogP contribution in [0.5, 0.6) is 5.75 Å². The molecule has 0 unspecified atom stereocenters. The van der Waals surface area contributed by atoms with Gasteiger partial charge in [-0.05, 0) is 17.7 Å². The molecule has 0 amide bonds. The van der Waals surface area contributed by atoms with Crippen molar-refractivity contribution in [1.82, 2.24) is 0 Å². The smallest absolute Gasteiger partial charge is 0.387 e. The van der Waals surface area contributed by atoms with E-state index in [1.165, 1.54) is 12.1 Å². The van der Waals surface area contributed by atoms with E-state index < -0.39 is 19.0 Å². The average Bonchev–Trinajstić information content (AvgIpc) is 2.20. The van der Waals surface area contributed by atoms with Gasteiger partial charge >= 0.3 is 12.6 Å². The third-order valence-corrected chi connectivity index (χ3v) is 2.78. The summed E-state index contributed by atoms with van der Waals surface area (Å²) in [5, 5.41) is 9.24. The van der Waals surface area contributed by atoms with Crippen molar-refractivity contribution in [3.05, 3.63) is 28.3 Å². The topological polar surface area (TPSA) is 46.5 Å². The standard InChI is InChI=1S/C10H8BrClF2O3/c11-4-5-1-6(12)2-8(17-10(13)14)7(5)3-9(15)16/h1-2,10H,3-4H2,(H,15,16). The van der Waals surface area contributed by atoms with E-state index in [1.807, 2.05) is 0 Å². The van der Waals surface area contributed by atoms with Gasteiger partial charge in [-0.2, -0.15) is 8.78 Å². The van der Waals surface area contributed by atoms with Gasteiger partial charge in [-0.3, -0.25) is 4.79 Å². The largest absolute Gasteiger partial charge is 0.481 e. The van der Waals surface area contributed by atoms with Crippen molar-refractivity contribution < 1.29 is 23.4 Å². The molecule has 94 valence electrons. The van der Waals surface area contributed by atoms with Gasteiger partial charge in [0.05, 0.1) is 6.42 Å². The number of benzene rings is 1. The molecule has 0 aliphatic rings. The summed E-state index contributed by atoms with van der Waals surface area (Å²) in [6.45, 7) is -3.02. The second-order valence-corrected chi connectivity index (χ2v) is 4.12. The highest BCUT2D eigenvalue weighted by molar-refractivity contribution is 9.08. The van der Waals surface area contributed by atoms with Gasteiger partial charge < -0.3 is 9.84 Å². The van der Waals surface area contributed by atoms with Gasteiger partial charge in [-0.25, -0.2) is 0 Å². The van der Waals surface area contributed by atoms with Gasteiger partial charge in [0.25, 0.3) is 0 Å². The molecule has 1 rings (SSSR count). The first kappa shape index (κ1) is 14.2. The molecule has 0 saturated carbocycles. The number of carboxylic acids is 1. The van der Waals surface area contributed by atoms with E-state index in [-0.39, 0.29) is 16.3 Å². The second kappa shape index (κ2) is 6.16. The van der Waals surface area contributed by atoms with Gasteiger partial charge in [0.1, 0.15) is 5.75 Å². The van der Waals surface area contributed by atoms with E-state index in [0.717, 1.165) is 0 Å². The van der Waals surface area contributed by atoms with Gasteiger partial charge in [0, 0.05) is 15.9 Å². The Balaban J connectivity index is 3.22. The van der Waals surface area contributed by atoms with Crippen LogP contribution < -0.4 is 4.74 Å². The van der Waals surface area contributed by atoms with E-state index >= 15 is 0 Å². The maximum atomic E-state index is 12.2. The highest BCUT2D eigenvalue weighted by Gasteiger charge is 2.17. The Kier molecular flexibility index (Phi) is 5.14. The molecule has 1 N–H and O–H groups in total. The van der Waals surface area contributed by atoms with Gasteiger partial charge in [0.15, 0.2) is 0 Å². The molecule has 0 aromatic heterocycles. The minimum Gasteiger partial charge on any atom is -0.481 e. The zero-order valence-electron chi connectivity index (χ0n) is 8.42. The van der Waals surface area contributed by atoms with Gasteiger partial charge in [-0.15, -0.1) is 0 Å². The Morgan fingerprint density at radius 1 is 1.53 bits per heavy atom. The first-order chi connectivity index (χ1) is 7.93. The maximum Gasteiger partial charge on any atom is 0.387 e. The molecular weight excluding hydrogens is 321 g/mol. The van der Waals surface area contributed by atoms with E-state index in [4.69, 9.17) is 16.7 Å². The maximum absolute atomic E-state index is 12.2. The summed E-state index contributed by atoms with van der Waals surface area (Å²) in [4.78, 5) is 10.7. The fourth-order valence-corrected chi connectivity index (χ4v) is 2.07. The molecule has 0 spiro atoms. The predicted octanol–water partition coefficient (Wildman–Crippen LogP) is 3.46. The molecular formula is C10H8BrClF2O3. The Morgan fingerprint density at radius 3 is 2.65 bits per heavy atom. The Labute approximate surface area is 109 Å². The van der Waals surface area contributed by atoms with Crippen molar-refractivity contribution in [2.45, 2.75) is 18.4 Å². The van der Waals surface area contributed by atoms with Crippen LogP contribution in [-0.4, -0.2) is 17.7 Å². The highest BCUT2D eigenvalue weighted by Crippen LogP contribution is 2.30. The fourth-order valence-electron chi connectivity index (χ4n) is 1.34. The van der Waals surface area contributed by atoms with E-state index in [1.54, 1.807) is 0 Å². The van der Waals surface area contributed by atoms with Crippen molar-refractivity contribution in [1.29, 1.82) is 0 Å². The number of ether oxygens (including phenoxy) is 1. The van der Waals surface area contributed by atoms with Crippen LogP contribution in [0.2, 0.25) is 5.02 Å². The quantitative estimate of drug-likeness (QED) is 0.842. The third-order valence-electron chi connectivity index (χ3n) is 1.95. The molecule has 0 fully saturated rings. The van der Waals surface area contributed by atoms with E-state index in [9.17, 15) is 13.6 Å². The minimum atomic E-state index is -3.02. The number of rotatable bonds is 5. The Hall–Kier alpha value is -0.880. The molecule has 0 atom stereocenters. The SMILES string of the molecule is O=C(O)Cc1c(CBr)cc(Cl)cc1OC(F)F. The number of carboxylic acid groups (broad SMARTS) is 1. The molecule has 0 aliphatic carbocycles. The normalized spacial score (nSPS) is 10.6. The van der Waals surface area contributed by atoms with Crippen LogP contribution in [0.25, 0.3) is 0 Å². The number of alkyl halides is 3. The first-order valence-corrected chi connectivity index (χ1v) is 5.98. The molecule has 0 heterocycles. The van der Waals surface area contributed by atoms with Crippen LogP contribution in [0.15, 0.2) is 12.1 Å². The molecule has 0 saturated heterocycles. The number of carbonyl (C=O) groups is 1. The van der Waals surface area contributed by atoms with Crippen molar-refractivity contribution in [3.63, 3.8) is 0 Å². The zero-order valence-corrected chi connectivity index (χ0v) is 10.8. The van der Waals surface area contributed by atoms with E-state index in [0.29, 0.717) is 10.9 Å². The van der Waals surface area contributed by atoms with Crippen LogP contribution in [-0.2, 0) is 16.5 Å². The molecule has 0 aliphatic heterocycles. The van der Waals surface area contributed by atoms with Crippen molar-refractivity contribution in [3.8, 4) is 5.75 Å². The fraction of sp³-hybridized carbons (Fsp3) is 0.300. The molecule has 1 aromatic carbocycles. The van der Waals surface area contributed by atoms with Crippen molar-refractivity contribution in [2.75, 3.05) is 0 Å². The lowest BCUT2D eigenvalue weighted by molar-refractivity contribution is -0.136. The Bertz CT molecular complexity index is 426. The highest BCUT2D eigenvalue weighted by atomic mass is 79.9. The minimum absolute atomic E-state index is 0.194. The number of hydrogen-bond acceptors (Lipinski definition) is 2. The lowest BCUT2D eigenvalue weighted by Crippen LogP contribution is -2.09. The number of halogens is 4. The predicted molar refractivity (Wildman–Crippen MR) is 62.1 cm³/mol. The zero-order chi connectivity index (χ0) is 13.0. The third kappa shape index (κ3) is 4.12. The first-order valence-electron chi connectivity index (χ1n) is 4.48. The summed E-state index contributed by atoms with van der Waals surface area (Å²) in [5.74, 6) is -1.34. The molecule has 0 bridgehead atoms. The van der Waals surface area contributed by atoms with Crippen molar-refractivity contribution >= 4 is 33.5 Å². The molecule has 1 aromatic rings. The molecule has 0 radical (unpaired) electrons. The summed E-state index contributed by atoms with van der Waals surface area (Å²) in [6.07, 6.45) is -0.403. The summed E-state index contributed by atoms with van der Waals surface area (Å²) >= 11 is 8.87. The molecule has 7 heteroatoms. The van der Waals surface area contributed by atoms with Crippen LogP contribution in [0.4, 0.5) is 8.78 Å². The Morgan fingerprint density at radius 2 is 2.18 bits per heavy atom. The lowest BCUT2D eigenvalue weighted by atomic mass is 10.0. The monoisotopic (exact) mass is 328 g/mol. The lowest BCUT2D eigenvalue weighted by Gasteiger charge is -2.13. The van der Waals surface area contributed by atoms with Crippen LogP contribution >= 0.6 is 27.5 Å². The van der Waals surface area contributed by atoms with Crippen LogP contribution in [0.1, 0.15) is 11.1 Å². The number of aliphatic carboxylic acids is 1. The molecule has 17 heavy (non-hydrogen) atoms. The van der Waals surface area contributed by atoms with Crippen LogP contribution in [0, 0.1) is 0 Å².